The van der Waals surface area contributed by atoms with Gasteiger partial charge in [0.25, 0.3) is 5.91 Å². The zero-order valence-electron chi connectivity index (χ0n) is 27.7. The predicted octanol–water partition coefficient (Wildman–Crippen LogP) is 3.21. The molecule has 2 N–H and O–H groups in total. The first kappa shape index (κ1) is 35.2. The van der Waals surface area contributed by atoms with Crippen molar-refractivity contribution in [2.45, 2.75) is 89.7 Å². The third-order valence-corrected chi connectivity index (χ3v) is 9.67. The minimum Gasteiger partial charge on any atom is -0.460 e. The van der Waals surface area contributed by atoms with Gasteiger partial charge >= 0.3 is 5.97 Å². The maximum absolute atomic E-state index is 14.7. The van der Waals surface area contributed by atoms with Crippen LogP contribution in [0.25, 0.3) is 0 Å². The number of ether oxygens (including phenoxy) is 2. The van der Waals surface area contributed by atoms with E-state index >= 15 is 0 Å². The van der Waals surface area contributed by atoms with E-state index in [2.05, 4.69) is 37.2 Å². The summed E-state index contributed by atoms with van der Waals surface area (Å²) in [5, 5.41) is 13.1. The Hall–Kier alpha value is -3.70. The van der Waals surface area contributed by atoms with Crippen LogP contribution in [0.3, 0.4) is 0 Å². The number of aliphatic hydroxyl groups is 1. The van der Waals surface area contributed by atoms with Crippen LogP contribution in [0.4, 0.5) is 11.4 Å². The SMILES string of the molecule is C=CCCC(=O)NC[C@@H](C)OC(=O)[C@@H]1[C@@H]2CC[C@]3(O2)[C@H](C(=O)N(CC=C)c2ccc(N(CC)CC)cc2)N([C@@H](CC)CO)C(=O)[C@@H]13. The molecular formula is C35H50N4O7. The highest BCUT2D eigenvalue weighted by Gasteiger charge is 2.75. The molecule has 3 aliphatic rings. The van der Waals surface area contributed by atoms with Crippen molar-refractivity contribution in [3.05, 3.63) is 49.6 Å². The monoisotopic (exact) mass is 638 g/mol. The minimum absolute atomic E-state index is 0.128. The lowest BCUT2D eigenvalue weighted by molar-refractivity contribution is -0.159. The number of nitrogens with zero attached hydrogens (tertiary/aromatic N) is 3. The first-order chi connectivity index (χ1) is 22.1. The zero-order valence-corrected chi connectivity index (χ0v) is 27.7. The van der Waals surface area contributed by atoms with Crippen LogP contribution in [0.1, 0.15) is 59.8 Å². The van der Waals surface area contributed by atoms with Crippen LogP contribution >= 0.6 is 0 Å². The molecular weight excluding hydrogens is 588 g/mol. The second-order valence-electron chi connectivity index (χ2n) is 12.4. The van der Waals surface area contributed by atoms with Gasteiger partial charge in [-0.1, -0.05) is 19.1 Å². The van der Waals surface area contributed by atoms with Crippen molar-refractivity contribution in [1.82, 2.24) is 10.2 Å². The highest BCUT2D eigenvalue weighted by molar-refractivity contribution is 6.05. The molecule has 1 aromatic carbocycles. The largest absolute Gasteiger partial charge is 0.460 e. The third-order valence-electron chi connectivity index (χ3n) is 9.67. The number of carbonyl (C=O) groups is 4. The van der Waals surface area contributed by atoms with Crippen LogP contribution in [0.15, 0.2) is 49.6 Å². The Morgan fingerprint density at radius 2 is 1.83 bits per heavy atom. The first-order valence-electron chi connectivity index (χ1n) is 16.6. The van der Waals surface area contributed by atoms with Crippen molar-refractivity contribution in [3.8, 4) is 0 Å². The van der Waals surface area contributed by atoms with Gasteiger partial charge in [-0.25, -0.2) is 0 Å². The van der Waals surface area contributed by atoms with Crippen LogP contribution in [-0.4, -0.2) is 96.4 Å². The third kappa shape index (κ3) is 6.57. The molecule has 46 heavy (non-hydrogen) atoms. The molecule has 3 aliphatic heterocycles. The number of nitrogens with one attached hydrogen (secondary N) is 1. The van der Waals surface area contributed by atoms with Crippen LogP contribution in [0, 0.1) is 11.8 Å². The molecule has 3 amide bonds. The van der Waals surface area contributed by atoms with Gasteiger partial charge in [-0.15, -0.1) is 13.2 Å². The summed E-state index contributed by atoms with van der Waals surface area (Å²) in [6.07, 6.45) is 4.24. The number of esters is 1. The zero-order chi connectivity index (χ0) is 33.6. The summed E-state index contributed by atoms with van der Waals surface area (Å²) in [6, 6.07) is 6.04. The molecule has 3 fully saturated rings. The average Bonchev–Trinajstić information content (AvgIpc) is 3.70. The number of likely N-dealkylation sites (tertiary alicyclic amines) is 1. The lowest BCUT2D eigenvalue weighted by Crippen LogP contribution is -2.59. The Morgan fingerprint density at radius 1 is 1.15 bits per heavy atom. The summed E-state index contributed by atoms with van der Waals surface area (Å²) in [7, 11) is 0. The van der Waals surface area contributed by atoms with E-state index in [1.165, 1.54) is 4.90 Å². The second kappa shape index (κ2) is 15.3. The van der Waals surface area contributed by atoms with Gasteiger partial charge in [0.15, 0.2) is 0 Å². The fraction of sp³-hybridized carbons (Fsp3) is 0.600. The highest BCUT2D eigenvalue weighted by atomic mass is 16.6. The van der Waals surface area contributed by atoms with E-state index in [4.69, 9.17) is 9.47 Å². The van der Waals surface area contributed by atoms with Gasteiger partial charge in [0.05, 0.1) is 37.1 Å². The van der Waals surface area contributed by atoms with Gasteiger partial charge in [0.2, 0.25) is 11.8 Å². The van der Waals surface area contributed by atoms with Crippen molar-refractivity contribution in [2.24, 2.45) is 11.8 Å². The number of aliphatic hydroxyl groups excluding tert-OH is 1. The summed E-state index contributed by atoms with van der Waals surface area (Å²) >= 11 is 0. The lowest BCUT2D eigenvalue weighted by Gasteiger charge is -2.39. The van der Waals surface area contributed by atoms with Crippen molar-refractivity contribution >= 4 is 35.1 Å². The molecule has 0 aromatic heterocycles. The molecule has 11 heteroatoms. The molecule has 4 rings (SSSR count). The Balaban J connectivity index is 1.64. The van der Waals surface area contributed by atoms with Crippen LogP contribution in [0.2, 0.25) is 0 Å². The summed E-state index contributed by atoms with van der Waals surface area (Å²) in [5.74, 6) is -3.32. The number of hydrogen-bond acceptors (Lipinski definition) is 8. The number of anilines is 2. The maximum Gasteiger partial charge on any atom is 0.312 e. The molecule has 7 atom stereocenters. The van der Waals surface area contributed by atoms with E-state index in [1.54, 1.807) is 24.0 Å². The molecule has 1 aromatic rings. The Morgan fingerprint density at radius 3 is 2.41 bits per heavy atom. The van der Waals surface area contributed by atoms with Gasteiger partial charge in [-0.05, 0) is 70.7 Å². The summed E-state index contributed by atoms with van der Waals surface area (Å²) in [5.41, 5.74) is 0.443. The number of rotatable bonds is 17. The molecule has 3 saturated heterocycles. The van der Waals surface area contributed by atoms with E-state index in [0.717, 1.165) is 18.8 Å². The average molecular weight is 639 g/mol. The van der Waals surface area contributed by atoms with Gasteiger partial charge in [-0.3, -0.25) is 19.2 Å². The second-order valence-corrected chi connectivity index (χ2v) is 12.4. The van der Waals surface area contributed by atoms with Crippen LogP contribution < -0.4 is 15.1 Å². The maximum atomic E-state index is 14.7. The van der Waals surface area contributed by atoms with Gasteiger partial charge in [-0.2, -0.15) is 0 Å². The number of fused-ring (bicyclic) bond motifs is 1. The van der Waals surface area contributed by atoms with Gasteiger partial charge in [0.1, 0.15) is 17.7 Å². The molecule has 3 heterocycles. The highest BCUT2D eigenvalue weighted by Crippen LogP contribution is 2.59. The Kier molecular flexibility index (Phi) is 11.7. The van der Waals surface area contributed by atoms with E-state index in [1.807, 2.05) is 31.2 Å². The predicted molar refractivity (Wildman–Crippen MR) is 176 cm³/mol. The standard InChI is InChI=1S/C35H50N4O7/c1-7-12-13-28(41)36-21-23(6)45-34(44)29-27-18-19-35(46-27)30(29)32(42)39(24(9-3)22-40)31(35)33(43)38(20-8-2)26-16-14-25(15-17-26)37(10-4)11-5/h7-8,14-17,23-24,27,29-31,40H,1-2,9-13,18-22H2,3-6H3,(H,36,41)/t23-,24+,27+,29-,30-,31+,35-/m1/s1. The fourth-order valence-corrected chi connectivity index (χ4v) is 7.37. The quantitative estimate of drug-likeness (QED) is 0.197. The fourth-order valence-electron chi connectivity index (χ4n) is 7.37. The lowest BCUT2D eigenvalue weighted by atomic mass is 9.70. The van der Waals surface area contributed by atoms with Crippen LogP contribution in [0.5, 0.6) is 0 Å². The van der Waals surface area contributed by atoms with Crippen molar-refractivity contribution < 1.29 is 33.8 Å². The first-order valence-corrected chi connectivity index (χ1v) is 16.6. The molecule has 0 aliphatic carbocycles. The van der Waals surface area contributed by atoms with Crippen molar-refractivity contribution in [3.63, 3.8) is 0 Å². The van der Waals surface area contributed by atoms with E-state index in [9.17, 15) is 24.3 Å². The molecule has 0 unspecified atom stereocenters. The molecule has 2 bridgehead atoms. The summed E-state index contributed by atoms with van der Waals surface area (Å²) < 4.78 is 12.3. The molecule has 1 spiro atoms. The summed E-state index contributed by atoms with van der Waals surface area (Å²) in [6.45, 7) is 16.9. The van der Waals surface area contributed by atoms with E-state index < -0.39 is 47.7 Å². The van der Waals surface area contributed by atoms with E-state index in [0.29, 0.717) is 37.8 Å². The number of carbonyl (C=O) groups excluding carboxylic acids is 4. The number of hydrogen-bond donors (Lipinski definition) is 2. The number of amides is 3. The number of allylic oxidation sites excluding steroid dienone is 1. The van der Waals surface area contributed by atoms with Crippen LogP contribution in [-0.2, 0) is 28.7 Å². The van der Waals surface area contributed by atoms with Crippen molar-refractivity contribution in [1.29, 1.82) is 0 Å². The van der Waals surface area contributed by atoms with Crippen molar-refractivity contribution in [2.75, 3.05) is 42.6 Å². The summed E-state index contributed by atoms with van der Waals surface area (Å²) in [4.78, 5) is 60.0. The molecule has 0 saturated carbocycles. The number of benzene rings is 1. The van der Waals surface area contributed by atoms with Gasteiger partial charge in [0, 0.05) is 37.4 Å². The smallest absolute Gasteiger partial charge is 0.312 e. The topological polar surface area (TPSA) is 129 Å². The normalized spacial score (nSPS) is 25.8. The van der Waals surface area contributed by atoms with E-state index in [-0.39, 0.29) is 37.4 Å². The molecule has 252 valence electrons. The van der Waals surface area contributed by atoms with Gasteiger partial charge < -0.3 is 34.6 Å². The Labute approximate surface area is 272 Å². The minimum atomic E-state index is -1.24. The Bertz CT molecular complexity index is 1280. The molecule has 11 nitrogen and oxygen atoms in total. The molecule has 0 radical (unpaired) electrons.